The lowest BCUT2D eigenvalue weighted by Crippen LogP contribution is -2.45. The lowest BCUT2D eigenvalue weighted by Gasteiger charge is -2.26. The van der Waals surface area contributed by atoms with Crippen molar-refractivity contribution in [2.45, 2.75) is 45.1 Å². The minimum absolute atomic E-state index is 0.0270. The molecular weight excluding hydrogens is 242 g/mol. The molecule has 110 valence electrons. The summed E-state index contributed by atoms with van der Waals surface area (Å²) in [4.78, 5) is 27.1. The van der Waals surface area contributed by atoms with Gasteiger partial charge in [0.25, 0.3) is 0 Å². The molecule has 0 heterocycles. The van der Waals surface area contributed by atoms with Crippen LogP contribution in [0.2, 0.25) is 0 Å². The number of carbonyl (C=O) groups is 2. The topological polar surface area (TPSA) is 52.7 Å². The smallest absolute Gasteiger partial charge is 0.239 e. The van der Waals surface area contributed by atoms with Gasteiger partial charge < -0.3 is 15.1 Å². The lowest BCUT2D eigenvalue weighted by molar-refractivity contribution is -0.134. The van der Waals surface area contributed by atoms with E-state index in [1.807, 2.05) is 19.0 Å². The molecule has 5 heteroatoms. The second-order valence-electron chi connectivity index (χ2n) is 5.65. The number of amides is 2. The van der Waals surface area contributed by atoms with Gasteiger partial charge in [0.2, 0.25) is 11.8 Å². The second-order valence-corrected chi connectivity index (χ2v) is 5.65. The lowest BCUT2D eigenvalue weighted by atomic mass is 9.95. The SMILES string of the molecule is CC(=O)N(CCN(C)C)CC(=O)NC1CCCCC1. The molecule has 1 rings (SSSR count). The third-order valence-corrected chi connectivity index (χ3v) is 3.57. The van der Waals surface area contributed by atoms with Crippen molar-refractivity contribution >= 4 is 11.8 Å². The summed E-state index contributed by atoms with van der Waals surface area (Å²) in [5.74, 6) is -0.0681. The Kier molecular flexibility index (Phi) is 6.84. The molecule has 0 aromatic rings. The highest BCUT2D eigenvalue weighted by Crippen LogP contribution is 2.17. The standard InChI is InChI=1S/C14H27N3O2/c1-12(18)17(10-9-16(2)3)11-14(19)15-13-7-5-4-6-8-13/h13H,4-11H2,1-3H3,(H,15,19). The Morgan fingerprint density at radius 2 is 1.74 bits per heavy atom. The Hall–Kier alpha value is -1.10. The molecule has 0 spiro atoms. The molecule has 1 saturated carbocycles. The zero-order valence-corrected chi connectivity index (χ0v) is 12.4. The predicted molar refractivity (Wildman–Crippen MR) is 75.8 cm³/mol. The third-order valence-electron chi connectivity index (χ3n) is 3.57. The minimum atomic E-state index is -0.0411. The maximum atomic E-state index is 12.0. The van der Waals surface area contributed by atoms with Crippen LogP contribution in [-0.2, 0) is 9.59 Å². The summed E-state index contributed by atoms with van der Waals surface area (Å²) in [5, 5.41) is 3.05. The first-order chi connectivity index (χ1) is 8.99. The van der Waals surface area contributed by atoms with Crippen molar-refractivity contribution < 1.29 is 9.59 Å². The molecule has 1 aliphatic rings. The van der Waals surface area contributed by atoms with E-state index in [4.69, 9.17) is 0 Å². The van der Waals surface area contributed by atoms with E-state index in [0.29, 0.717) is 12.6 Å². The van der Waals surface area contributed by atoms with Crippen LogP contribution in [-0.4, -0.2) is 61.4 Å². The molecule has 0 aromatic carbocycles. The summed E-state index contributed by atoms with van der Waals surface area (Å²) < 4.78 is 0. The molecule has 0 unspecified atom stereocenters. The van der Waals surface area contributed by atoms with Crippen molar-refractivity contribution in [3.05, 3.63) is 0 Å². The van der Waals surface area contributed by atoms with Gasteiger partial charge in [0.05, 0.1) is 6.54 Å². The van der Waals surface area contributed by atoms with Gasteiger partial charge in [0.15, 0.2) is 0 Å². The van der Waals surface area contributed by atoms with Gasteiger partial charge in [-0.1, -0.05) is 19.3 Å². The molecule has 0 aliphatic heterocycles. The molecule has 0 aromatic heterocycles. The largest absolute Gasteiger partial charge is 0.352 e. The quantitative estimate of drug-likeness (QED) is 0.777. The Morgan fingerprint density at radius 3 is 2.26 bits per heavy atom. The van der Waals surface area contributed by atoms with Gasteiger partial charge >= 0.3 is 0 Å². The Bertz CT molecular complexity index is 299. The van der Waals surface area contributed by atoms with Gasteiger partial charge in [0, 0.05) is 26.1 Å². The summed E-state index contributed by atoms with van der Waals surface area (Å²) in [6, 6.07) is 0.309. The van der Waals surface area contributed by atoms with Crippen molar-refractivity contribution in [2.24, 2.45) is 0 Å². The molecule has 0 atom stereocenters. The highest BCUT2D eigenvalue weighted by Gasteiger charge is 2.18. The zero-order chi connectivity index (χ0) is 14.3. The fraction of sp³-hybridized carbons (Fsp3) is 0.857. The van der Waals surface area contributed by atoms with E-state index in [1.165, 1.54) is 26.2 Å². The average molecular weight is 269 g/mol. The summed E-state index contributed by atoms with van der Waals surface area (Å²) >= 11 is 0. The first-order valence-corrected chi connectivity index (χ1v) is 7.18. The van der Waals surface area contributed by atoms with Crippen molar-refractivity contribution in [2.75, 3.05) is 33.7 Å². The van der Waals surface area contributed by atoms with Gasteiger partial charge in [0.1, 0.15) is 0 Å². The molecule has 1 aliphatic carbocycles. The van der Waals surface area contributed by atoms with Crippen LogP contribution in [0, 0.1) is 0 Å². The van der Waals surface area contributed by atoms with Gasteiger partial charge in [-0.15, -0.1) is 0 Å². The molecule has 0 radical (unpaired) electrons. The summed E-state index contributed by atoms with van der Waals surface area (Å²) in [5.41, 5.74) is 0. The monoisotopic (exact) mass is 269 g/mol. The fourth-order valence-corrected chi connectivity index (χ4v) is 2.36. The third kappa shape index (κ3) is 6.57. The molecule has 2 amide bonds. The van der Waals surface area contributed by atoms with E-state index < -0.39 is 0 Å². The fourth-order valence-electron chi connectivity index (χ4n) is 2.36. The molecule has 1 N–H and O–H groups in total. The van der Waals surface area contributed by atoms with Crippen LogP contribution in [0.5, 0.6) is 0 Å². The highest BCUT2D eigenvalue weighted by molar-refractivity contribution is 5.83. The van der Waals surface area contributed by atoms with Gasteiger partial charge in [-0.25, -0.2) is 0 Å². The van der Waals surface area contributed by atoms with Crippen molar-refractivity contribution in [3.8, 4) is 0 Å². The van der Waals surface area contributed by atoms with Crippen molar-refractivity contribution in [3.63, 3.8) is 0 Å². The normalized spacial score (nSPS) is 16.4. The maximum absolute atomic E-state index is 12.0. The Labute approximate surface area is 116 Å². The number of hydrogen-bond acceptors (Lipinski definition) is 3. The van der Waals surface area contributed by atoms with E-state index in [0.717, 1.165) is 19.4 Å². The second kappa shape index (κ2) is 8.15. The molecule has 19 heavy (non-hydrogen) atoms. The van der Waals surface area contributed by atoms with Gasteiger partial charge in [-0.05, 0) is 26.9 Å². The van der Waals surface area contributed by atoms with Crippen molar-refractivity contribution in [1.82, 2.24) is 15.1 Å². The van der Waals surface area contributed by atoms with E-state index in [-0.39, 0.29) is 18.4 Å². The van der Waals surface area contributed by atoms with Crippen LogP contribution in [0.25, 0.3) is 0 Å². The number of carbonyl (C=O) groups excluding carboxylic acids is 2. The van der Waals surface area contributed by atoms with Crippen LogP contribution < -0.4 is 5.32 Å². The molecular formula is C14H27N3O2. The summed E-state index contributed by atoms with van der Waals surface area (Å²) in [7, 11) is 3.92. The number of hydrogen-bond donors (Lipinski definition) is 1. The van der Waals surface area contributed by atoms with E-state index in [9.17, 15) is 9.59 Å². The van der Waals surface area contributed by atoms with Crippen molar-refractivity contribution in [1.29, 1.82) is 0 Å². The van der Waals surface area contributed by atoms with Crippen LogP contribution in [0.4, 0.5) is 0 Å². The number of likely N-dealkylation sites (N-methyl/N-ethyl adjacent to an activating group) is 1. The van der Waals surface area contributed by atoms with Crippen LogP contribution >= 0.6 is 0 Å². The summed E-state index contributed by atoms with van der Waals surface area (Å²) in [6.45, 7) is 3.07. The number of nitrogens with zero attached hydrogens (tertiary/aromatic N) is 2. The van der Waals surface area contributed by atoms with E-state index in [2.05, 4.69) is 5.32 Å². The Morgan fingerprint density at radius 1 is 1.11 bits per heavy atom. The molecule has 0 saturated heterocycles. The van der Waals surface area contributed by atoms with Crippen LogP contribution in [0.15, 0.2) is 0 Å². The van der Waals surface area contributed by atoms with E-state index >= 15 is 0 Å². The maximum Gasteiger partial charge on any atom is 0.239 e. The predicted octanol–water partition coefficient (Wildman–Crippen LogP) is 0.845. The number of rotatable bonds is 6. The summed E-state index contributed by atoms with van der Waals surface area (Å²) in [6.07, 6.45) is 5.81. The molecule has 1 fully saturated rings. The van der Waals surface area contributed by atoms with Gasteiger partial charge in [-0.3, -0.25) is 9.59 Å². The molecule has 5 nitrogen and oxygen atoms in total. The minimum Gasteiger partial charge on any atom is -0.352 e. The van der Waals surface area contributed by atoms with E-state index in [1.54, 1.807) is 4.90 Å². The first-order valence-electron chi connectivity index (χ1n) is 7.18. The Balaban J connectivity index is 2.35. The average Bonchev–Trinajstić information content (AvgIpc) is 2.35. The first kappa shape index (κ1) is 16.0. The van der Waals surface area contributed by atoms with Crippen LogP contribution in [0.1, 0.15) is 39.0 Å². The zero-order valence-electron chi connectivity index (χ0n) is 12.4. The highest BCUT2D eigenvalue weighted by atomic mass is 16.2. The van der Waals surface area contributed by atoms with Crippen LogP contribution in [0.3, 0.4) is 0 Å². The van der Waals surface area contributed by atoms with Gasteiger partial charge in [-0.2, -0.15) is 0 Å². The molecule has 0 bridgehead atoms. The number of nitrogens with one attached hydrogen (secondary N) is 1.